The van der Waals surface area contributed by atoms with E-state index in [0.717, 1.165) is 10.2 Å². The molecule has 30 heavy (non-hydrogen) atoms. The summed E-state index contributed by atoms with van der Waals surface area (Å²) in [4.78, 5) is 28.7. The topological polar surface area (TPSA) is 65.8 Å². The minimum atomic E-state index is -0.198. The summed E-state index contributed by atoms with van der Waals surface area (Å²) in [6.07, 6.45) is 1.50. The average molecular weight is 489 g/mol. The molecule has 0 spiro atoms. The van der Waals surface area contributed by atoms with Gasteiger partial charge in [-0.05, 0) is 54.6 Å². The quantitative estimate of drug-likeness (QED) is 0.567. The second-order valence-corrected chi connectivity index (χ2v) is 8.21. The van der Waals surface area contributed by atoms with E-state index in [2.05, 4.69) is 26.1 Å². The summed E-state index contributed by atoms with van der Waals surface area (Å²) >= 11 is 9.86. The lowest BCUT2D eigenvalue weighted by Crippen LogP contribution is -2.48. The van der Waals surface area contributed by atoms with Gasteiger partial charge in [0.25, 0.3) is 11.8 Å². The van der Waals surface area contributed by atoms with Gasteiger partial charge in [0, 0.05) is 41.9 Å². The van der Waals surface area contributed by atoms with Gasteiger partial charge in [0.15, 0.2) is 5.76 Å². The molecule has 0 radical (unpaired) electrons. The van der Waals surface area contributed by atoms with Crippen molar-refractivity contribution in [3.63, 3.8) is 0 Å². The molecule has 2 amide bonds. The number of furan rings is 1. The Morgan fingerprint density at radius 1 is 1.00 bits per heavy atom. The zero-order valence-corrected chi connectivity index (χ0v) is 18.3. The fourth-order valence-corrected chi connectivity index (χ4v) is 3.92. The molecule has 2 heterocycles. The molecule has 1 aliphatic heterocycles. The first-order valence-corrected chi connectivity index (χ1v) is 10.6. The fourth-order valence-electron chi connectivity index (χ4n) is 3.35. The van der Waals surface area contributed by atoms with Crippen LogP contribution >= 0.6 is 27.5 Å². The van der Waals surface area contributed by atoms with Gasteiger partial charge >= 0.3 is 0 Å². The van der Waals surface area contributed by atoms with Crippen LogP contribution in [0, 0.1) is 0 Å². The van der Waals surface area contributed by atoms with Crippen LogP contribution in [-0.4, -0.2) is 42.9 Å². The van der Waals surface area contributed by atoms with E-state index < -0.39 is 0 Å². The minimum Gasteiger partial charge on any atom is -0.459 e. The Morgan fingerprint density at radius 3 is 2.37 bits per heavy atom. The Balaban J connectivity index is 1.38. The number of nitrogens with zero attached hydrogens (tertiary/aromatic N) is 2. The molecule has 1 saturated heterocycles. The number of piperazine rings is 1. The van der Waals surface area contributed by atoms with E-state index in [9.17, 15) is 9.59 Å². The number of anilines is 2. The molecule has 4 rings (SSSR count). The minimum absolute atomic E-state index is 0.100. The third-order valence-corrected chi connectivity index (χ3v) is 5.78. The third-order valence-electron chi connectivity index (χ3n) is 4.95. The number of halogens is 2. The molecule has 6 nitrogen and oxygen atoms in total. The van der Waals surface area contributed by atoms with Gasteiger partial charge in [-0.3, -0.25) is 9.59 Å². The van der Waals surface area contributed by atoms with Gasteiger partial charge in [0.1, 0.15) is 0 Å². The van der Waals surface area contributed by atoms with Crippen molar-refractivity contribution in [1.82, 2.24) is 4.90 Å². The third kappa shape index (κ3) is 4.52. The molecule has 3 aromatic rings. The van der Waals surface area contributed by atoms with Crippen LogP contribution < -0.4 is 10.2 Å². The number of amides is 2. The van der Waals surface area contributed by atoms with E-state index >= 15 is 0 Å². The molecule has 0 bridgehead atoms. The first kappa shape index (κ1) is 20.5. The molecule has 0 unspecified atom stereocenters. The van der Waals surface area contributed by atoms with Crippen molar-refractivity contribution >= 4 is 50.7 Å². The smallest absolute Gasteiger partial charge is 0.289 e. The van der Waals surface area contributed by atoms with Crippen molar-refractivity contribution < 1.29 is 14.0 Å². The second-order valence-electron chi connectivity index (χ2n) is 6.88. The van der Waals surface area contributed by atoms with Crippen LogP contribution in [0.4, 0.5) is 11.4 Å². The first-order chi connectivity index (χ1) is 14.5. The summed E-state index contributed by atoms with van der Waals surface area (Å²) in [5.41, 5.74) is 2.07. The summed E-state index contributed by atoms with van der Waals surface area (Å²) in [6.45, 7) is 2.49. The summed E-state index contributed by atoms with van der Waals surface area (Å²) in [5.74, 6) is 0.0560. The van der Waals surface area contributed by atoms with E-state index in [1.807, 2.05) is 24.3 Å². The highest BCUT2D eigenvalue weighted by Gasteiger charge is 2.24. The summed E-state index contributed by atoms with van der Waals surface area (Å²) in [7, 11) is 0. The van der Waals surface area contributed by atoms with Gasteiger partial charge in [-0.1, -0.05) is 27.5 Å². The number of hydrogen-bond donors (Lipinski definition) is 1. The highest BCUT2D eigenvalue weighted by molar-refractivity contribution is 9.10. The van der Waals surface area contributed by atoms with Crippen molar-refractivity contribution in [1.29, 1.82) is 0 Å². The average Bonchev–Trinajstić information content (AvgIpc) is 3.29. The van der Waals surface area contributed by atoms with Gasteiger partial charge in [-0.2, -0.15) is 0 Å². The number of nitrogens with one attached hydrogen (secondary N) is 1. The van der Waals surface area contributed by atoms with E-state index in [1.165, 1.54) is 6.26 Å². The van der Waals surface area contributed by atoms with Crippen LogP contribution in [0.5, 0.6) is 0 Å². The number of benzene rings is 2. The van der Waals surface area contributed by atoms with Crippen LogP contribution in [0.25, 0.3) is 0 Å². The highest BCUT2D eigenvalue weighted by Crippen LogP contribution is 2.30. The van der Waals surface area contributed by atoms with Crippen LogP contribution in [0.2, 0.25) is 5.02 Å². The molecule has 0 saturated carbocycles. The SMILES string of the molecule is O=C(Nc1ccc(N2CCN(C(=O)c3ccco3)CC2)c(Cl)c1)c1ccc(Br)cc1. The van der Waals surface area contributed by atoms with Crippen LogP contribution in [0.1, 0.15) is 20.9 Å². The van der Waals surface area contributed by atoms with Gasteiger partial charge in [-0.15, -0.1) is 0 Å². The van der Waals surface area contributed by atoms with Crippen molar-refractivity contribution in [2.75, 3.05) is 36.4 Å². The van der Waals surface area contributed by atoms with Gasteiger partial charge in [-0.25, -0.2) is 0 Å². The zero-order valence-electron chi connectivity index (χ0n) is 16.0. The van der Waals surface area contributed by atoms with Gasteiger partial charge < -0.3 is 19.5 Å². The van der Waals surface area contributed by atoms with Crippen LogP contribution in [-0.2, 0) is 0 Å². The summed E-state index contributed by atoms with van der Waals surface area (Å²) < 4.78 is 6.11. The number of hydrogen-bond acceptors (Lipinski definition) is 4. The molecule has 2 aromatic carbocycles. The molecule has 0 aliphatic carbocycles. The number of carbonyl (C=O) groups is 2. The molecular weight excluding hydrogens is 470 g/mol. The van der Waals surface area contributed by atoms with Crippen LogP contribution in [0.15, 0.2) is 69.8 Å². The molecule has 154 valence electrons. The molecule has 8 heteroatoms. The lowest BCUT2D eigenvalue weighted by molar-refractivity contribution is 0.0714. The Morgan fingerprint density at radius 2 is 1.73 bits per heavy atom. The standard InChI is InChI=1S/C22H19BrClN3O3/c23-16-5-3-15(4-6-16)21(28)25-17-7-8-19(18(24)14-17)26-9-11-27(12-10-26)22(29)20-2-1-13-30-20/h1-8,13-14H,9-12H2,(H,25,28). The second kappa shape index (κ2) is 8.93. The lowest BCUT2D eigenvalue weighted by atomic mass is 10.2. The molecule has 1 N–H and O–H groups in total. The fraction of sp³-hybridized carbons (Fsp3) is 0.182. The summed E-state index contributed by atoms with van der Waals surface area (Å²) in [5, 5.41) is 3.42. The monoisotopic (exact) mass is 487 g/mol. The zero-order chi connectivity index (χ0) is 21.1. The molecule has 0 atom stereocenters. The van der Waals surface area contributed by atoms with Gasteiger partial charge in [0.05, 0.1) is 17.0 Å². The maximum absolute atomic E-state index is 12.4. The predicted molar refractivity (Wildman–Crippen MR) is 120 cm³/mol. The highest BCUT2D eigenvalue weighted by atomic mass is 79.9. The number of carbonyl (C=O) groups excluding carboxylic acids is 2. The van der Waals surface area contributed by atoms with E-state index in [4.69, 9.17) is 16.0 Å². The molecule has 1 aliphatic rings. The maximum atomic E-state index is 12.4. The van der Waals surface area contributed by atoms with E-state index in [0.29, 0.717) is 48.2 Å². The normalized spacial score (nSPS) is 13.9. The van der Waals surface area contributed by atoms with Crippen molar-refractivity contribution in [3.8, 4) is 0 Å². The Kier molecular flexibility index (Phi) is 6.11. The van der Waals surface area contributed by atoms with Crippen molar-refractivity contribution in [3.05, 3.63) is 81.7 Å². The Labute approximate surface area is 187 Å². The number of rotatable bonds is 4. The van der Waals surface area contributed by atoms with E-state index in [-0.39, 0.29) is 11.8 Å². The van der Waals surface area contributed by atoms with E-state index in [1.54, 1.807) is 35.2 Å². The predicted octanol–water partition coefficient (Wildman–Crippen LogP) is 4.91. The van der Waals surface area contributed by atoms with Gasteiger partial charge in [0.2, 0.25) is 0 Å². The summed E-state index contributed by atoms with van der Waals surface area (Å²) in [6, 6.07) is 16.0. The lowest BCUT2D eigenvalue weighted by Gasteiger charge is -2.36. The van der Waals surface area contributed by atoms with Crippen molar-refractivity contribution in [2.24, 2.45) is 0 Å². The Bertz CT molecular complexity index is 1050. The largest absolute Gasteiger partial charge is 0.459 e. The first-order valence-electron chi connectivity index (χ1n) is 9.45. The van der Waals surface area contributed by atoms with Crippen molar-refractivity contribution in [2.45, 2.75) is 0 Å². The molecular formula is C22H19BrClN3O3. The molecule has 1 fully saturated rings. The van der Waals surface area contributed by atoms with Crippen LogP contribution in [0.3, 0.4) is 0 Å². The Hall–Kier alpha value is -2.77. The molecule has 1 aromatic heterocycles. The maximum Gasteiger partial charge on any atom is 0.289 e.